The average Bonchev–Trinajstić information content (AvgIpc) is 2.21. The molecule has 15 heavy (non-hydrogen) atoms. The van der Waals surface area contributed by atoms with E-state index < -0.39 is 0 Å². The third kappa shape index (κ3) is 4.78. The fourth-order valence-electron chi connectivity index (χ4n) is 2.56. The zero-order valence-electron chi connectivity index (χ0n) is 10.8. The summed E-state index contributed by atoms with van der Waals surface area (Å²) in [6.45, 7) is 8.32. The second-order valence-corrected chi connectivity index (χ2v) is 6.57. The molecule has 0 saturated heterocycles. The SMILES string of the molecule is CSC(C)CCNC1CCC(C)CC1C. The van der Waals surface area contributed by atoms with E-state index in [9.17, 15) is 0 Å². The van der Waals surface area contributed by atoms with Gasteiger partial charge in [0, 0.05) is 11.3 Å². The van der Waals surface area contributed by atoms with Crippen molar-refractivity contribution in [3.63, 3.8) is 0 Å². The second-order valence-electron chi connectivity index (χ2n) is 5.29. The fourth-order valence-corrected chi connectivity index (χ4v) is 2.91. The van der Waals surface area contributed by atoms with Crippen LogP contribution in [0.5, 0.6) is 0 Å². The third-order valence-electron chi connectivity index (χ3n) is 3.79. The molecule has 1 saturated carbocycles. The molecule has 4 unspecified atom stereocenters. The van der Waals surface area contributed by atoms with Gasteiger partial charge in [0.05, 0.1) is 0 Å². The van der Waals surface area contributed by atoms with Crippen LogP contribution >= 0.6 is 11.8 Å². The minimum atomic E-state index is 0.787. The number of hydrogen-bond donors (Lipinski definition) is 1. The van der Waals surface area contributed by atoms with Gasteiger partial charge < -0.3 is 5.32 Å². The highest BCUT2D eigenvalue weighted by molar-refractivity contribution is 7.99. The van der Waals surface area contributed by atoms with E-state index >= 15 is 0 Å². The van der Waals surface area contributed by atoms with Crippen LogP contribution in [0.2, 0.25) is 0 Å². The Kier molecular flexibility index (Phi) is 6.06. The van der Waals surface area contributed by atoms with Gasteiger partial charge in [0.25, 0.3) is 0 Å². The molecule has 90 valence electrons. The van der Waals surface area contributed by atoms with Crippen molar-refractivity contribution in [3.05, 3.63) is 0 Å². The summed E-state index contributed by atoms with van der Waals surface area (Å²) in [7, 11) is 0. The number of rotatable bonds is 5. The molecule has 0 spiro atoms. The molecule has 0 aromatic heterocycles. The maximum atomic E-state index is 3.74. The first-order chi connectivity index (χ1) is 7.13. The van der Waals surface area contributed by atoms with Gasteiger partial charge in [-0.15, -0.1) is 0 Å². The van der Waals surface area contributed by atoms with Crippen LogP contribution in [0.1, 0.15) is 46.5 Å². The predicted octanol–water partition coefficient (Wildman–Crippen LogP) is 3.54. The zero-order chi connectivity index (χ0) is 11.3. The molecule has 1 aliphatic carbocycles. The van der Waals surface area contributed by atoms with E-state index in [0.717, 1.165) is 23.1 Å². The first-order valence-electron chi connectivity index (χ1n) is 6.39. The summed E-state index contributed by atoms with van der Waals surface area (Å²) in [5, 5.41) is 4.55. The minimum Gasteiger partial charge on any atom is -0.314 e. The van der Waals surface area contributed by atoms with Gasteiger partial charge in [-0.3, -0.25) is 0 Å². The lowest BCUT2D eigenvalue weighted by Crippen LogP contribution is -2.39. The van der Waals surface area contributed by atoms with Crippen molar-refractivity contribution in [3.8, 4) is 0 Å². The Hall–Kier alpha value is 0.310. The van der Waals surface area contributed by atoms with Gasteiger partial charge in [0.1, 0.15) is 0 Å². The highest BCUT2D eigenvalue weighted by atomic mass is 32.2. The first kappa shape index (κ1) is 13.4. The standard InChI is InChI=1S/C13H27NS/c1-10-5-6-13(11(2)9-10)14-8-7-12(3)15-4/h10-14H,5-9H2,1-4H3. The molecular weight excluding hydrogens is 202 g/mol. The molecule has 0 amide bonds. The first-order valence-corrected chi connectivity index (χ1v) is 7.68. The summed E-state index contributed by atoms with van der Waals surface area (Å²) in [5.41, 5.74) is 0. The van der Waals surface area contributed by atoms with Crippen LogP contribution < -0.4 is 5.32 Å². The lowest BCUT2D eigenvalue weighted by Gasteiger charge is -2.33. The minimum absolute atomic E-state index is 0.787. The van der Waals surface area contributed by atoms with Crippen LogP contribution in [0.4, 0.5) is 0 Å². The molecule has 1 fully saturated rings. The molecule has 0 aliphatic heterocycles. The second kappa shape index (κ2) is 6.80. The zero-order valence-corrected chi connectivity index (χ0v) is 11.6. The Balaban J connectivity index is 2.15. The van der Waals surface area contributed by atoms with Crippen molar-refractivity contribution in [2.24, 2.45) is 11.8 Å². The van der Waals surface area contributed by atoms with Gasteiger partial charge in [-0.1, -0.05) is 20.8 Å². The van der Waals surface area contributed by atoms with Crippen LogP contribution in [-0.4, -0.2) is 24.1 Å². The third-order valence-corrected chi connectivity index (χ3v) is 4.83. The lowest BCUT2D eigenvalue weighted by molar-refractivity contribution is 0.228. The van der Waals surface area contributed by atoms with Gasteiger partial charge in [-0.25, -0.2) is 0 Å². The van der Waals surface area contributed by atoms with Crippen molar-refractivity contribution in [2.45, 2.75) is 57.7 Å². The molecule has 0 aromatic carbocycles. The number of hydrogen-bond acceptors (Lipinski definition) is 2. The van der Waals surface area contributed by atoms with E-state index in [2.05, 4.69) is 32.3 Å². The molecule has 0 radical (unpaired) electrons. The largest absolute Gasteiger partial charge is 0.314 e. The van der Waals surface area contributed by atoms with Crippen molar-refractivity contribution in [1.29, 1.82) is 0 Å². The van der Waals surface area contributed by atoms with Gasteiger partial charge >= 0.3 is 0 Å². The monoisotopic (exact) mass is 229 g/mol. The van der Waals surface area contributed by atoms with Crippen molar-refractivity contribution in [2.75, 3.05) is 12.8 Å². The smallest absolute Gasteiger partial charge is 0.00928 e. The Morgan fingerprint density at radius 1 is 1.33 bits per heavy atom. The maximum absolute atomic E-state index is 3.74. The molecular formula is C13H27NS. The molecule has 1 aliphatic rings. The summed E-state index contributed by atoms with van der Waals surface area (Å²) in [6, 6.07) is 0.787. The van der Waals surface area contributed by atoms with Crippen LogP contribution in [0.3, 0.4) is 0 Å². The Bertz CT molecular complexity index is 172. The van der Waals surface area contributed by atoms with E-state index in [1.165, 1.54) is 32.2 Å². The average molecular weight is 229 g/mol. The summed E-state index contributed by atoms with van der Waals surface area (Å²) < 4.78 is 0. The maximum Gasteiger partial charge on any atom is 0.00928 e. The van der Waals surface area contributed by atoms with Gasteiger partial charge in [0.2, 0.25) is 0 Å². The normalized spacial score (nSPS) is 34.0. The number of nitrogens with one attached hydrogen (secondary N) is 1. The van der Waals surface area contributed by atoms with Crippen LogP contribution in [0, 0.1) is 11.8 Å². The van der Waals surface area contributed by atoms with Crippen LogP contribution in [0.25, 0.3) is 0 Å². The van der Waals surface area contributed by atoms with Crippen LogP contribution in [-0.2, 0) is 0 Å². The van der Waals surface area contributed by atoms with Crippen molar-refractivity contribution < 1.29 is 0 Å². The van der Waals surface area contributed by atoms with Crippen molar-refractivity contribution >= 4 is 11.8 Å². The quantitative estimate of drug-likeness (QED) is 0.774. The fraction of sp³-hybridized carbons (Fsp3) is 1.00. The van der Waals surface area contributed by atoms with Gasteiger partial charge in [-0.05, 0) is 50.3 Å². The van der Waals surface area contributed by atoms with E-state index in [-0.39, 0.29) is 0 Å². The molecule has 1 N–H and O–H groups in total. The van der Waals surface area contributed by atoms with Gasteiger partial charge in [-0.2, -0.15) is 11.8 Å². The summed E-state index contributed by atoms with van der Waals surface area (Å²) >= 11 is 1.97. The highest BCUT2D eigenvalue weighted by Crippen LogP contribution is 2.28. The summed E-state index contributed by atoms with van der Waals surface area (Å²) in [4.78, 5) is 0. The Morgan fingerprint density at radius 3 is 2.67 bits per heavy atom. The molecule has 0 bridgehead atoms. The van der Waals surface area contributed by atoms with E-state index in [0.29, 0.717) is 0 Å². The molecule has 1 nitrogen and oxygen atoms in total. The van der Waals surface area contributed by atoms with E-state index in [1.54, 1.807) is 0 Å². The van der Waals surface area contributed by atoms with E-state index in [4.69, 9.17) is 0 Å². The Morgan fingerprint density at radius 2 is 2.07 bits per heavy atom. The lowest BCUT2D eigenvalue weighted by atomic mass is 9.80. The summed E-state index contributed by atoms with van der Waals surface area (Å²) in [5.74, 6) is 1.82. The van der Waals surface area contributed by atoms with Crippen molar-refractivity contribution in [1.82, 2.24) is 5.32 Å². The predicted molar refractivity (Wildman–Crippen MR) is 71.6 cm³/mol. The topological polar surface area (TPSA) is 12.0 Å². The van der Waals surface area contributed by atoms with Gasteiger partial charge in [0.15, 0.2) is 0 Å². The van der Waals surface area contributed by atoms with Crippen LogP contribution in [0.15, 0.2) is 0 Å². The summed E-state index contributed by atoms with van der Waals surface area (Å²) in [6.07, 6.45) is 7.72. The number of thioether (sulfide) groups is 1. The molecule has 4 atom stereocenters. The molecule has 2 heteroatoms. The molecule has 0 aromatic rings. The molecule has 1 rings (SSSR count). The Labute approximate surface area is 99.8 Å². The molecule has 0 heterocycles. The highest BCUT2D eigenvalue weighted by Gasteiger charge is 2.24. The van der Waals surface area contributed by atoms with E-state index in [1.807, 2.05) is 11.8 Å².